The van der Waals surface area contributed by atoms with Gasteiger partial charge >= 0.3 is 0 Å². The molecule has 0 unspecified atom stereocenters. The normalized spacial score (nSPS) is 12.7. The fourth-order valence-electron chi connectivity index (χ4n) is 2.29. The van der Waals surface area contributed by atoms with Crippen LogP contribution in [0.15, 0.2) is 34.8 Å². The van der Waals surface area contributed by atoms with Gasteiger partial charge in [0, 0.05) is 22.3 Å². The molecule has 2 aromatic carbocycles. The average molecular weight is 370 g/mol. The molecule has 0 saturated heterocycles. The maximum Gasteiger partial charge on any atom is 0.255 e. The van der Waals surface area contributed by atoms with Gasteiger partial charge in [0.05, 0.1) is 10.7 Å². The molecule has 1 amide bonds. The summed E-state index contributed by atoms with van der Waals surface area (Å²) >= 11 is 9.16. The molecular weight excluding hydrogens is 359 g/mol. The molecule has 0 spiro atoms. The first-order valence-electron chi connectivity index (χ1n) is 6.37. The van der Waals surface area contributed by atoms with Gasteiger partial charge in [-0.25, -0.2) is 4.39 Å². The van der Waals surface area contributed by atoms with E-state index >= 15 is 0 Å². The van der Waals surface area contributed by atoms with Gasteiger partial charge in [-0.15, -0.1) is 0 Å². The van der Waals surface area contributed by atoms with Crippen LogP contribution in [0.1, 0.15) is 15.9 Å². The molecule has 6 heteroatoms. The van der Waals surface area contributed by atoms with Crippen molar-refractivity contribution < 1.29 is 9.18 Å². The number of benzene rings is 2. The Morgan fingerprint density at radius 1 is 1.33 bits per heavy atom. The van der Waals surface area contributed by atoms with E-state index in [0.717, 1.165) is 30.3 Å². The van der Waals surface area contributed by atoms with Crippen LogP contribution < -0.4 is 10.6 Å². The van der Waals surface area contributed by atoms with Gasteiger partial charge < -0.3 is 10.6 Å². The highest BCUT2D eigenvalue weighted by Gasteiger charge is 2.16. The van der Waals surface area contributed by atoms with Crippen LogP contribution in [-0.2, 0) is 6.42 Å². The minimum absolute atomic E-state index is 0.151. The maximum atomic E-state index is 13.2. The van der Waals surface area contributed by atoms with Crippen LogP contribution in [0.3, 0.4) is 0 Å². The van der Waals surface area contributed by atoms with E-state index in [4.69, 9.17) is 11.6 Å². The summed E-state index contributed by atoms with van der Waals surface area (Å²) in [6, 6.07) is 7.91. The second-order valence-corrected chi connectivity index (χ2v) is 6.01. The zero-order valence-electron chi connectivity index (χ0n) is 10.8. The second-order valence-electron chi connectivity index (χ2n) is 4.75. The van der Waals surface area contributed by atoms with Crippen LogP contribution in [0.4, 0.5) is 15.8 Å². The molecule has 3 rings (SSSR count). The first kappa shape index (κ1) is 14.4. The van der Waals surface area contributed by atoms with Gasteiger partial charge in [0.15, 0.2) is 0 Å². The van der Waals surface area contributed by atoms with E-state index in [2.05, 4.69) is 26.6 Å². The number of carbonyl (C=O) groups excluding carboxylic acids is 1. The summed E-state index contributed by atoms with van der Waals surface area (Å²) in [6.07, 6.45) is 0.900. The van der Waals surface area contributed by atoms with Crippen molar-refractivity contribution in [1.29, 1.82) is 0 Å². The van der Waals surface area contributed by atoms with Crippen molar-refractivity contribution in [3.8, 4) is 0 Å². The van der Waals surface area contributed by atoms with Gasteiger partial charge in [-0.3, -0.25) is 4.79 Å². The number of halogens is 3. The van der Waals surface area contributed by atoms with Crippen molar-refractivity contribution in [2.75, 3.05) is 17.2 Å². The van der Waals surface area contributed by atoms with E-state index < -0.39 is 5.82 Å². The largest absolute Gasteiger partial charge is 0.384 e. The minimum Gasteiger partial charge on any atom is -0.384 e. The van der Waals surface area contributed by atoms with Crippen LogP contribution in [0.25, 0.3) is 0 Å². The Labute approximate surface area is 134 Å². The summed E-state index contributed by atoms with van der Waals surface area (Å²) in [7, 11) is 0. The summed E-state index contributed by atoms with van der Waals surface area (Å²) < 4.78 is 13.6. The summed E-state index contributed by atoms with van der Waals surface area (Å²) in [4.78, 5) is 12.3. The van der Waals surface area contributed by atoms with Gasteiger partial charge in [-0.05, 0) is 58.2 Å². The highest BCUT2D eigenvalue weighted by molar-refractivity contribution is 9.10. The fourth-order valence-corrected chi connectivity index (χ4v) is 3.19. The summed E-state index contributed by atoms with van der Waals surface area (Å²) in [5.74, 6) is -0.743. The van der Waals surface area contributed by atoms with E-state index in [1.165, 1.54) is 6.07 Å². The molecule has 0 fully saturated rings. The van der Waals surface area contributed by atoms with Crippen molar-refractivity contribution in [3.05, 3.63) is 56.8 Å². The highest BCUT2D eigenvalue weighted by atomic mass is 79.9. The number of rotatable bonds is 2. The number of fused-ring (bicyclic) bond motifs is 1. The standard InChI is InChI=1S/C15H11BrClFN2O/c16-11-6-10(18)7-12(17)14(11)20-15(21)9-1-2-13-8(5-9)3-4-19-13/h1-2,5-7,19H,3-4H2,(H,20,21). The van der Waals surface area contributed by atoms with Crippen molar-refractivity contribution in [2.45, 2.75) is 6.42 Å². The molecular formula is C15H11BrClFN2O. The topological polar surface area (TPSA) is 41.1 Å². The molecule has 1 aliphatic heterocycles. The summed E-state index contributed by atoms with van der Waals surface area (Å²) in [5.41, 5.74) is 3.09. The third-order valence-corrected chi connectivity index (χ3v) is 4.25. The van der Waals surface area contributed by atoms with Gasteiger partial charge in [0.1, 0.15) is 5.82 Å². The van der Waals surface area contributed by atoms with Gasteiger partial charge in [0.2, 0.25) is 0 Å². The Hall–Kier alpha value is -1.59. The molecule has 0 atom stereocenters. The molecule has 0 bridgehead atoms. The molecule has 2 N–H and O–H groups in total. The lowest BCUT2D eigenvalue weighted by Gasteiger charge is -2.10. The van der Waals surface area contributed by atoms with Crippen LogP contribution in [0.2, 0.25) is 5.02 Å². The molecule has 1 heterocycles. The van der Waals surface area contributed by atoms with Crippen molar-refractivity contribution >= 4 is 44.8 Å². The van der Waals surface area contributed by atoms with Crippen LogP contribution in [0, 0.1) is 5.82 Å². The fraction of sp³-hybridized carbons (Fsp3) is 0.133. The Morgan fingerprint density at radius 2 is 2.14 bits per heavy atom. The molecule has 21 heavy (non-hydrogen) atoms. The second kappa shape index (κ2) is 5.66. The lowest BCUT2D eigenvalue weighted by atomic mass is 10.1. The van der Waals surface area contributed by atoms with E-state index in [1.54, 1.807) is 6.07 Å². The molecule has 2 aromatic rings. The number of carbonyl (C=O) groups is 1. The van der Waals surface area contributed by atoms with Crippen LogP contribution in [-0.4, -0.2) is 12.5 Å². The number of hydrogen-bond acceptors (Lipinski definition) is 2. The SMILES string of the molecule is O=C(Nc1c(Cl)cc(F)cc1Br)c1ccc2c(c1)CCN2. The van der Waals surface area contributed by atoms with Gasteiger partial charge in [0.25, 0.3) is 5.91 Å². The first-order valence-corrected chi connectivity index (χ1v) is 7.54. The zero-order chi connectivity index (χ0) is 15.0. The van der Waals surface area contributed by atoms with E-state index in [9.17, 15) is 9.18 Å². The van der Waals surface area contributed by atoms with Gasteiger partial charge in [-0.1, -0.05) is 11.6 Å². The molecule has 108 valence electrons. The molecule has 0 saturated carbocycles. The highest BCUT2D eigenvalue weighted by Crippen LogP contribution is 2.32. The molecule has 0 aromatic heterocycles. The van der Waals surface area contributed by atoms with Crippen molar-refractivity contribution in [1.82, 2.24) is 0 Å². The Balaban J connectivity index is 1.87. The van der Waals surface area contributed by atoms with Crippen molar-refractivity contribution in [3.63, 3.8) is 0 Å². The Kier molecular flexibility index (Phi) is 3.87. The zero-order valence-corrected chi connectivity index (χ0v) is 13.2. The number of amides is 1. The lowest BCUT2D eigenvalue weighted by Crippen LogP contribution is -2.13. The van der Waals surface area contributed by atoms with E-state index in [1.807, 2.05) is 12.1 Å². The number of nitrogens with one attached hydrogen (secondary N) is 2. The summed E-state index contributed by atoms with van der Waals surface area (Å²) in [5, 5.41) is 6.10. The summed E-state index contributed by atoms with van der Waals surface area (Å²) in [6.45, 7) is 0.885. The lowest BCUT2D eigenvalue weighted by molar-refractivity contribution is 0.102. The average Bonchev–Trinajstić information content (AvgIpc) is 2.89. The maximum absolute atomic E-state index is 13.2. The number of anilines is 2. The predicted molar refractivity (Wildman–Crippen MR) is 85.7 cm³/mol. The minimum atomic E-state index is -0.464. The Bertz CT molecular complexity index is 713. The third kappa shape index (κ3) is 2.89. The molecule has 0 aliphatic carbocycles. The predicted octanol–water partition coefficient (Wildman–Crippen LogP) is 4.46. The monoisotopic (exact) mass is 368 g/mol. The quantitative estimate of drug-likeness (QED) is 0.820. The molecule has 3 nitrogen and oxygen atoms in total. The van der Waals surface area contributed by atoms with Crippen LogP contribution >= 0.6 is 27.5 Å². The first-order chi connectivity index (χ1) is 10.0. The molecule has 0 radical (unpaired) electrons. The Morgan fingerprint density at radius 3 is 2.90 bits per heavy atom. The number of hydrogen-bond donors (Lipinski definition) is 2. The van der Waals surface area contributed by atoms with E-state index in [-0.39, 0.29) is 10.9 Å². The molecule has 1 aliphatic rings. The smallest absolute Gasteiger partial charge is 0.255 e. The van der Waals surface area contributed by atoms with E-state index in [0.29, 0.717) is 15.7 Å². The third-order valence-electron chi connectivity index (χ3n) is 3.32. The van der Waals surface area contributed by atoms with Crippen molar-refractivity contribution in [2.24, 2.45) is 0 Å². The van der Waals surface area contributed by atoms with Gasteiger partial charge in [-0.2, -0.15) is 0 Å². The van der Waals surface area contributed by atoms with Crippen LogP contribution in [0.5, 0.6) is 0 Å².